The Labute approximate surface area is 79.8 Å². The van der Waals surface area contributed by atoms with Crippen LogP contribution in [0.25, 0.3) is 10.4 Å². The SMILES string of the molecule is [N-]=[N+]=N[C@H](C=O)c1ccc(Cl)cc1. The average Bonchev–Trinajstić information content (AvgIpc) is 2.16. The number of hydrogen-bond donors (Lipinski definition) is 0. The van der Waals surface area contributed by atoms with Gasteiger partial charge in [-0.25, -0.2) is 0 Å². The molecule has 0 aliphatic carbocycles. The summed E-state index contributed by atoms with van der Waals surface area (Å²) in [5.74, 6) is 0. The monoisotopic (exact) mass is 195 g/mol. The first-order valence-corrected chi connectivity index (χ1v) is 3.90. The second-order valence-electron chi connectivity index (χ2n) is 2.34. The lowest BCUT2D eigenvalue weighted by atomic mass is 10.1. The quantitative estimate of drug-likeness (QED) is 0.317. The fraction of sp³-hybridized carbons (Fsp3) is 0.125. The molecule has 0 aliphatic rings. The molecule has 0 fully saturated rings. The molecule has 13 heavy (non-hydrogen) atoms. The Morgan fingerprint density at radius 3 is 2.54 bits per heavy atom. The third-order valence-corrected chi connectivity index (χ3v) is 1.77. The van der Waals surface area contributed by atoms with E-state index in [0.717, 1.165) is 0 Å². The van der Waals surface area contributed by atoms with Gasteiger partial charge >= 0.3 is 0 Å². The molecule has 0 aliphatic heterocycles. The Morgan fingerprint density at radius 2 is 2.08 bits per heavy atom. The predicted molar refractivity (Wildman–Crippen MR) is 49.4 cm³/mol. The second kappa shape index (κ2) is 4.50. The molecule has 0 aromatic heterocycles. The van der Waals surface area contributed by atoms with Crippen LogP contribution in [-0.4, -0.2) is 6.29 Å². The maximum Gasteiger partial charge on any atom is 0.133 e. The summed E-state index contributed by atoms with van der Waals surface area (Å²) in [6, 6.07) is 5.81. The van der Waals surface area contributed by atoms with Crippen LogP contribution in [0.1, 0.15) is 11.6 Å². The highest BCUT2D eigenvalue weighted by Gasteiger charge is 2.06. The predicted octanol–water partition coefficient (Wildman–Crippen LogP) is 2.89. The molecule has 0 bridgehead atoms. The normalized spacial score (nSPS) is 11.5. The molecule has 0 heterocycles. The zero-order valence-corrected chi connectivity index (χ0v) is 7.35. The van der Waals surface area contributed by atoms with Gasteiger partial charge in [0, 0.05) is 9.93 Å². The summed E-state index contributed by atoms with van der Waals surface area (Å²) in [6.07, 6.45) is 0.586. The Bertz CT molecular complexity index is 343. The second-order valence-corrected chi connectivity index (χ2v) is 2.77. The Balaban J connectivity index is 2.98. The third-order valence-electron chi connectivity index (χ3n) is 1.52. The lowest BCUT2D eigenvalue weighted by Crippen LogP contribution is -1.94. The number of benzene rings is 1. The maximum absolute atomic E-state index is 10.5. The molecule has 1 aromatic carbocycles. The molecule has 5 heteroatoms. The molecule has 1 aromatic rings. The van der Waals surface area contributed by atoms with Gasteiger partial charge in [0.25, 0.3) is 0 Å². The van der Waals surface area contributed by atoms with E-state index >= 15 is 0 Å². The summed E-state index contributed by atoms with van der Waals surface area (Å²) in [4.78, 5) is 13.0. The van der Waals surface area contributed by atoms with Gasteiger partial charge in [-0.1, -0.05) is 28.8 Å². The number of hydrogen-bond acceptors (Lipinski definition) is 2. The first kappa shape index (κ1) is 9.58. The van der Waals surface area contributed by atoms with E-state index in [0.29, 0.717) is 16.9 Å². The largest absolute Gasteiger partial charge is 0.303 e. The highest BCUT2D eigenvalue weighted by atomic mass is 35.5. The zero-order chi connectivity index (χ0) is 9.68. The van der Waals surface area contributed by atoms with E-state index in [1.807, 2.05) is 0 Å². The minimum absolute atomic E-state index is 0.578. The number of aldehydes is 1. The molecule has 66 valence electrons. The van der Waals surface area contributed by atoms with Gasteiger partial charge in [0.1, 0.15) is 12.3 Å². The van der Waals surface area contributed by atoms with Crippen molar-refractivity contribution < 1.29 is 4.79 Å². The lowest BCUT2D eigenvalue weighted by Gasteiger charge is -2.02. The molecular weight excluding hydrogens is 190 g/mol. The molecular formula is C8H6ClN3O. The molecule has 1 atom stereocenters. The summed E-state index contributed by atoms with van der Waals surface area (Å²) in [5.41, 5.74) is 8.79. The first-order chi connectivity index (χ1) is 6.27. The van der Waals surface area contributed by atoms with Gasteiger partial charge in [0.2, 0.25) is 0 Å². The molecule has 0 saturated carbocycles. The molecule has 0 saturated heterocycles. The minimum Gasteiger partial charge on any atom is -0.303 e. The average molecular weight is 196 g/mol. The van der Waals surface area contributed by atoms with E-state index in [-0.39, 0.29) is 0 Å². The van der Waals surface area contributed by atoms with Crippen molar-refractivity contribution in [3.63, 3.8) is 0 Å². The summed E-state index contributed by atoms with van der Waals surface area (Å²) >= 11 is 5.64. The summed E-state index contributed by atoms with van der Waals surface area (Å²) in [7, 11) is 0. The van der Waals surface area contributed by atoms with Gasteiger partial charge in [-0.15, -0.1) is 0 Å². The molecule has 0 spiro atoms. The van der Waals surface area contributed by atoms with Crippen LogP contribution >= 0.6 is 11.6 Å². The van der Waals surface area contributed by atoms with Gasteiger partial charge in [0.15, 0.2) is 0 Å². The van der Waals surface area contributed by atoms with Crippen LogP contribution in [-0.2, 0) is 4.79 Å². The van der Waals surface area contributed by atoms with Crippen molar-refractivity contribution in [3.05, 3.63) is 45.3 Å². The van der Waals surface area contributed by atoms with Crippen LogP contribution in [0.5, 0.6) is 0 Å². The van der Waals surface area contributed by atoms with E-state index in [9.17, 15) is 4.79 Å². The van der Waals surface area contributed by atoms with Gasteiger partial charge in [-0.2, -0.15) is 0 Å². The highest BCUT2D eigenvalue weighted by molar-refractivity contribution is 6.30. The smallest absolute Gasteiger partial charge is 0.133 e. The fourth-order valence-electron chi connectivity index (χ4n) is 0.888. The maximum atomic E-state index is 10.5. The van der Waals surface area contributed by atoms with Gasteiger partial charge in [-0.3, -0.25) is 0 Å². The number of nitrogens with zero attached hydrogens (tertiary/aromatic N) is 3. The van der Waals surface area contributed by atoms with Crippen LogP contribution in [0.4, 0.5) is 0 Å². The van der Waals surface area contributed by atoms with E-state index < -0.39 is 6.04 Å². The van der Waals surface area contributed by atoms with E-state index in [1.54, 1.807) is 24.3 Å². The van der Waals surface area contributed by atoms with E-state index in [4.69, 9.17) is 17.1 Å². The first-order valence-electron chi connectivity index (χ1n) is 3.53. The van der Waals surface area contributed by atoms with Gasteiger partial charge in [0.05, 0.1) is 0 Å². The Morgan fingerprint density at radius 1 is 1.46 bits per heavy atom. The molecule has 4 nitrogen and oxygen atoms in total. The third kappa shape index (κ3) is 2.47. The minimum atomic E-state index is -0.762. The number of carbonyl (C=O) groups is 1. The topological polar surface area (TPSA) is 65.8 Å². The summed E-state index contributed by atoms with van der Waals surface area (Å²) < 4.78 is 0. The number of azide groups is 1. The van der Waals surface area contributed by atoms with Crippen molar-refractivity contribution >= 4 is 17.9 Å². The molecule has 0 radical (unpaired) electrons. The van der Waals surface area contributed by atoms with Gasteiger partial charge in [-0.05, 0) is 23.2 Å². The van der Waals surface area contributed by atoms with E-state index in [1.165, 1.54) is 0 Å². The number of rotatable bonds is 3. The van der Waals surface area contributed by atoms with Crippen molar-refractivity contribution in [2.75, 3.05) is 0 Å². The van der Waals surface area contributed by atoms with Crippen molar-refractivity contribution in [2.45, 2.75) is 6.04 Å². The zero-order valence-electron chi connectivity index (χ0n) is 6.59. The van der Waals surface area contributed by atoms with Crippen LogP contribution < -0.4 is 0 Å². The lowest BCUT2D eigenvalue weighted by molar-refractivity contribution is -0.108. The Kier molecular flexibility index (Phi) is 3.31. The summed E-state index contributed by atoms with van der Waals surface area (Å²) in [6.45, 7) is 0. The molecule has 1 rings (SSSR count). The molecule has 0 unspecified atom stereocenters. The fourth-order valence-corrected chi connectivity index (χ4v) is 1.01. The van der Waals surface area contributed by atoms with Crippen molar-refractivity contribution in [3.8, 4) is 0 Å². The van der Waals surface area contributed by atoms with E-state index in [2.05, 4.69) is 10.0 Å². The van der Waals surface area contributed by atoms with Crippen LogP contribution in [0.2, 0.25) is 5.02 Å². The van der Waals surface area contributed by atoms with Crippen molar-refractivity contribution in [2.24, 2.45) is 5.11 Å². The van der Waals surface area contributed by atoms with Crippen molar-refractivity contribution in [1.29, 1.82) is 0 Å². The molecule has 0 amide bonds. The van der Waals surface area contributed by atoms with Gasteiger partial charge < -0.3 is 4.79 Å². The van der Waals surface area contributed by atoms with Crippen LogP contribution in [0.15, 0.2) is 29.4 Å². The summed E-state index contributed by atoms with van der Waals surface area (Å²) in [5, 5.41) is 3.89. The standard InChI is InChI=1S/C8H6ClN3O/c9-7-3-1-6(2-4-7)8(5-13)11-12-10/h1-5,8H/t8-/m1/s1. The number of halogens is 1. The van der Waals surface area contributed by atoms with Crippen LogP contribution in [0.3, 0.4) is 0 Å². The van der Waals surface area contributed by atoms with Crippen LogP contribution in [0, 0.1) is 0 Å². The van der Waals surface area contributed by atoms with Crippen molar-refractivity contribution in [1.82, 2.24) is 0 Å². The molecule has 0 N–H and O–H groups in total. The highest BCUT2D eigenvalue weighted by Crippen LogP contribution is 2.17. The number of carbonyl (C=O) groups excluding carboxylic acids is 1. The Hall–Kier alpha value is -1.51.